The largest absolute Gasteiger partial charge is 0.396 e. The normalized spacial score (nSPS) is 14.4. The highest BCUT2D eigenvalue weighted by Crippen LogP contribution is 2.05. The van der Waals surface area contributed by atoms with E-state index in [0.29, 0.717) is 11.5 Å². The molecular formula is C12H16N4O2. The number of carbonyl (C=O) groups is 1. The van der Waals surface area contributed by atoms with Gasteiger partial charge < -0.3 is 10.4 Å². The van der Waals surface area contributed by atoms with Gasteiger partial charge in [-0.1, -0.05) is 6.92 Å². The molecule has 0 saturated carbocycles. The van der Waals surface area contributed by atoms with E-state index in [9.17, 15) is 4.79 Å². The van der Waals surface area contributed by atoms with Gasteiger partial charge in [-0.2, -0.15) is 0 Å². The lowest BCUT2D eigenvalue weighted by Gasteiger charge is -2.18. The second-order valence-electron chi connectivity index (χ2n) is 4.38. The van der Waals surface area contributed by atoms with Gasteiger partial charge in [0.1, 0.15) is 5.69 Å². The summed E-state index contributed by atoms with van der Waals surface area (Å²) in [5.74, 6) is 0.239. The first kappa shape index (κ1) is 12.5. The Morgan fingerprint density at radius 1 is 1.56 bits per heavy atom. The summed E-state index contributed by atoms with van der Waals surface area (Å²) in [5, 5.41) is 11.8. The van der Waals surface area contributed by atoms with Crippen LogP contribution in [0, 0.1) is 5.92 Å². The maximum Gasteiger partial charge on any atom is 0.271 e. The van der Waals surface area contributed by atoms with Crippen molar-refractivity contribution in [1.29, 1.82) is 0 Å². The molecule has 0 radical (unpaired) electrons. The Hall–Kier alpha value is -1.95. The number of hydrogen-bond donors (Lipinski definition) is 2. The van der Waals surface area contributed by atoms with Gasteiger partial charge in [-0.05, 0) is 18.9 Å². The average molecular weight is 248 g/mol. The fourth-order valence-corrected chi connectivity index (χ4v) is 1.52. The summed E-state index contributed by atoms with van der Waals surface area (Å²) in [7, 11) is 0. The number of imidazole rings is 1. The lowest BCUT2D eigenvalue weighted by Crippen LogP contribution is -2.38. The molecule has 0 saturated heterocycles. The number of nitrogens with zero attached hydrogens (tertiary/aromatic N) is 3. The third-order valence-electron chi connectivity index (χ3n) is 2.97. The predicted octanol–water partition coefficient (Wildman–Crippen LogP) is 0.476. The molecule has 18 heavy (non-hydrogen) atoms. The molecule has 0 aromatic carbocycles. The van der Waals surface area contributed by atoms with Gasteiger partial charge in [-0.25, -0.2) is 9.97 Å². The smallest absolute Gasteiger partial charge is 0.271 e. The van der Waals surface area contributed by atoms with Crippen LogP contribution in [0.4, 0.5) is 0 Å². The van der Waals surface area contributed by atoms with E-state index in [1.165, 1.54) is 0 Å². The minimum Gasteiger partial charge on any atom is -0.396 e. The maximum atomic E-state index is 11.9. The van der Waals surface area contributed by atoms with Crippen molar-refractivity contribution >= 4 is 11.7 Å². The fraction of sp³-hybridized carbons (Fsp3) is 0.417. The molecule has 2 heterocycles. The molecule has 2 rings (SSSR count). The molecule has 2 atom stereocenters. The first-order valence-corrected chi connectivity index (χ1v) is 5.83. The highest BCUT2D eigenvalue weighted by molar-refractivity contribution is 5.92. The summed E-state index contributed by atoms with van der Waals surface area (Å²) < 4.78 is 1.69. The Labute approximate surface area is 105 Å². The van der Waals surface area contributed by atoms with Crippen molar-refractivity contribution in [3.63, 3.8) is 0 Å². The van der Waals surface area contributed by atoms with Crippen LogP contribution in [0.15, 0.2) is 24.7 Å². The number of fused-ring (bicyclic) bond motifs is 1. The maximum absolute atomic E-state index is 11.9. The number of amides is 1. The van der Waals surface area contributed by atoms with Crippen LogP contribution in [-0.4, -0.2) is 38.0 Å². The fourth-order valence-electron chi connectivity index (χ4n) is 1.52. The van der Waals surface area contributed by atoms with E-state index in [4.69, 9.17) is 5.11 Å². The average Bonchev–Trinajstić information content (AvgIpc) is 2.81. The SMILES string of the molecule is CC(CO)C(C)NC(=O)c1cn2cccnc2n1. The number of hydrogen-bond acceptors (Lipinski definition) is 4. The van der Waals surface area contributed by atoms with Crippen LogP contribution in [0.1, 0.15) is 24.3 Å². The number of aliphatic hydroxyl groups excluding tert-OH is 1. The predicted molar refractivity (Wildman–Crippen MR) is 66.2 cm³/mol. The number of carbonyl (C=O) groups excluding carboxylic acids is 1. The van der Waals surface area contributed by atoms with Crippen molar-refractivity contribution in [1.82, 2.24) is 19.7 Å². The molecule has 1 amide bonds. The molecular weight excluding hydrogens is 232 g/mol. The van der Waals surface area contributed by atoms with Gasteiger partial charge in [0.2, 0.25) is 5.78 Å². The lowest BCUT2D eigenvalue weighted by molar-refractivity contribution is 0.0912. The van der Waals surface area contributed by atoms with Crippen molar-refractivity contribution in [3.05, 3.63) is 30.4 Å². The number of aromatic nitrogens is 3. The lowest BCUT2D eigenvalue weighted by atomic mass is 10.1. The zero-order valence-corrected chi connectivity index (χ0v) is 10.4. The Morgan fingerprint density at radius 3 is 3.00 bits per heavy atom. The summed E-state index contributed by atoms with van der Waals surface area (Å²) in [6.45, 7) is 3.76. The Balaban J connectivity index is 2.13. The van der Waals surface area contributed by atoms with Gasteiger partial charge in [-0.3, -0.25) is 9.20 Å². The van der Waals surface area contributed by atoms with E-state index in [1.54, 1.807) is 29.1 Å². The molecule has 0 aliphatic rings. The van der Waals surface area contributed by atoms with Crippen molar-refractivity contribution < 1.29 is 9.90 Å². The Bertz CT molecular complexity index is 519. The van der Waals surface area contributed by atoms with E-state index in [2.05, 4.69) is 15.3 Å². The third-order valence-corrected chi connectivity index (χ3v) is 2.97. The van der Waals surface area contributed by atoms with E-state index in [0.717, 1.165) is 0 Å². The number of rotatable bonds is 4. The molecule has 2 N–H and O–H groups in total. The van der Waals surface area contributed by atoms with Crippen LogP contribution in [0.3, 0.4) is 0 Å². The second kappa shape index (κ2) is 5.14. The molecule has 96 valence electrons. The topological polar surface area (TPSA) is 79.5 Å². The Kier molecular flexibility index (Phi) is 3.57. The zero-order chi connectivity index (χ0) is 13.1. The van der Waals surface area contributed by atoms with Crippen LogP contribution in [0.2, 0.25) is 0 Å². The molecule has 2 aromatic rings. The third kappa shape index (κ3) is 2.48. The van der Waals surface area contributed by atoms with E-state index in [-0.39, 0.29) is 24.5 Å². The van der Waals surface area contributed by atoms with Crippen LogP contribution in [0.5, 0.6) is 0 Å². The molecule has 6 nitrogen and oxygen atoms in total. The minimum absolute atomic E-state index is 0.00380. The number of aliphatic hydroxyl groups is 1. The van der Waals surface area contributed by atoms with E-state index < -0.39 is 0 Å². The zero-order valence-electron chi connectivity index (χ0n) is 10.4. The van der Waals surface area contributed by atoms with Crippen LogP contribution in [-0.2, 0) is 0 Å². The highest BCUT2D eigenvalue weighted by atomic mass is 16.3. The molecule has 6 heteroatoms. The van der Waals surface area contributed by atoms with Crippen molar-refractivity contribution in [2.75, 3.05) is 6.61 Å². The highest BCUT2D eigenvalue weighted by Gasteiger charge is 2.17. The van der Waals surface area contributed by atoms with Crippen LogP contribution in [0.25, 0.3) is 5.78 Å². The summed E-state index contributed by atoms with van der Waals surface area (Å²) in [4.78, 5) is 20.1. The molecule has 0 bridgehead atoms. The van der Waals surface area contributed by atoms with Gasteiger partial charge in [0.15, 0.2) is 0 Å². The van der Waals surface area contributed by atoms with Gasteiger partial charge >= 0.3 is 0 Å². The number of nitrogens with one attached hydrogen (secondary N) is 1. The molecule has 2 aromatic heterocycles. The monoisotopic (exact) mass is 248 g/mol. The van der Waals surface area contributed by atoms with Gasteiger partial charge in [-0.15, -0.1) is 0 Å². The van der Waals surface area contributed by atoms with Crippen molar-refractivity contribution in [2.24, 2.45) is 5.92 Å². The molecule has 0 spiro atoms. The molecule has 0 aliphatic heterocycles. The molecule has 0 aliphatic carbocycles. The summed E-state index contributed by atoms with van der Waals surface area (Å²) in [6.07, 6.45) is 5.04. The van der Waals surface area contributed by atoms with Gasteiger partial charge in [0.25, 0.3) is 5.91 Å². The summed E-state index contributed by atoms with van der Waals surface area (Å²) >= 11 is 0. The first-order valence-electron chi connectivity index (χ1n) is 5.83. The first-order chi connectivity index (χ1) is 8.61. The van der Waals surface area contributed by atoms with Gasteiger partial charge in [0, 0.05) is 31.2 Å². The van der Waals surface area contributed by atoms with Crippen molar-refractivity contribution in [2.45, 2.75) is 19.9 Å². The molecule has 0 fully saturated rings. The van der Waals surface area contributed by atoms with Crippen LogP contribution < -0.4 is 5.32 Å². The van der Waals surface area contributed by atoms with Crippen molar-refractivity contribution in [3.8, 4) is 0 Å². The summed E-state index contributed by atoms with van der Waals surface area (Å²) in [5.41, 5.74) is 0.325. The summed E-state index contributed by atoms with van der Waals surface area (Å²) in [6, 6.07) is 1.66. The molecule has 2 unspecified atom stereocenters. The van der Waals surface area contributed by atoms with E-state index in [1.807, 2.05) is 13.8 Å². The standard InChI is InChI=1S/C12H16N4O2/c1-8(7-17)9(2)14-11(18)10-6-16-5-3-4-13-12(16)15-10/h3-6,8-9,17H,7H2,1-2H3,(H,14,18). The van der Waals surface area contributed by atoms with Crippen LogP contribution >= 0.6 is 0 Å². The second-order valence-corrected chi connectivity index (χ2v) is 4.38. The quantitative estimate of drug-likeness (QED) is 0.824. The Morgan fingerprint density at radius 2 is 2.33 bits per heavy atom. The van der Waals surface area contributed by atoms with E-state index >= 15 is 0 Å². The van der Waals surface area contributed by atoms with Gasteiger partial charge in [0.05, 0.1) is 0 Å². The minimum atomic E-state index is -0.256.